The van der Waals surface area contributed by atoms with E-state index in [1.54, 1.807) is 12.1 Å². The standard InChI is InChI=1S/C15H19NO4/c1-11-6-7-13(20-11)8-9-14(17)16(10-15(18)19)12-4-2-3-5-12/h6-9,12H,2-5,10H2,1H3,(H,18,19)/b9-8+. The molecule has 0 radical (unpaired) electrons. The van der Waals surface area contributed by atoms with E-state index in [-0.39, 0.29) is 18.5 Å². The predicted molar refractivity (Wildman–Crippen MR) is 74.1 cm³/mol. The Kier molecular flexibility index (Phi) is 4.61. The van der Waals surface area contributed by atoms with E-state index in [1.807, 2.05) is 13.0 Å². The number of hydrogen-bond acceptors (Lipinski definition) is 3. The van der Waals surface area contributed by atoms with Crippen LogP contribution in [0.5, 0.6) is 0 Å². The highest BCUT2D eigenvalue weighted by Gasteiger charge is 2.26. The van der Waals surface area contributed by atoms with Crippen LogP contribution in [-0.2, 0) is 9.59 Å². The summed E-state index contributed by atoms with van der Waals surface area (Å²) in [6.07, 6.45) is 6.84. The van der Waals surface area contributed by atoms with Gasteiger partial charge in [-0.15, -0.1) is 0 Å². The maximum Gasteiger partial charge on any atom is 0.323 e. The van der Waals surface area contributed by atoms with Crippen molar-refractivity contribution in [2.45, 2.75) is 38.6 Å². The van der Waals surface area contributed by atoms with Gasteiger partial charge < -0.3 is 14.4 Å². The van der Waals surface area contributed by atoms with Crippen molar-refractivity contribution >= 4 is 18.0 Å². The van der Waals surface area contributed by atoms with Gasteiger partial charge in [0.15, 0.2) is 0 Å². The topological polar surface area (TPSA) is 70.8 Å². The van der Waals surface area contributed by atoms with Crippen LogP contribution in [0, 0.1) is 6.92 Å². The van der Waals surface area contributed by atoms with Gasteiger partial charge in [0, 0.05) is 12.1 Å². The zero-order valence-corrected chi connectivity index (χ0v) is 11.5. The van der Waals surface area contributed by atoms with E-state index >= 15 is 0 Å². The van der Waals surface area contributed by atoms with Crippen LogP contribution in [0.15, 0.2) is 22.6 Å². The molecule has 5 heteroatoms. The molecule has 0 saturated heterocycles. The summed E-state index contributed by atoms with van der Waals surface area (Å²) in [5, 5.41) is 8.95. The molecule has 0 unspecified atom stereocenters. The molecule has 0 aromatic carbocycles. The highest BCUT2D eigenvalue weighted by molar-refractivity contribution is 5.93. The van der Waals surface area contributed by atoms with E-state index in [4.69, 9.17) is 9.52 Å². The van der Waals surface area contributed by atoms with Crippen LogP contribution in [-0.4, -0.2) is 34.5 Å². The Hall–Kier alpha value is -2.04. The molecule has 1 amide bonds. The van der Waals surface area contributed by atoms with Crippen LogP contribution in [0.4, 0.5) is 0 Å². The Morgan fingerprint density at radius 2 is 2.10 bits per heavy atom. The molecule has 108 valence electrons. The predicted octanol–water partition coefficient (Wildman–Crippen LogP) is 2.46. The number of hydrogen-bond donors (Lipinski definition) is 1. The number of carbonyl (C=O) groups excluding carboxylic acids is 1. The molecule has 0 aliphatic heterocycles. The minimum absolute atomic E-state index is 0.0431. The summed E-state index contributed by atoms with van der Waals surface area (Å²) in [7, 11) is 0. The van der Waals surface area contributed by atoms with E-state index in [0.29, 0.717) is 5.76 Å². The molecule has 1 fully saturated rings. The Labute approximate surface area is 117 Å². The van der Waals surface area contributed by atoms with Gasteiger partial charge in [-0.3, -0.25) is 9.59 Å². The van der Waals surface area contributed by atoms with Crippen molar-refractivity contribution in [2.24, 2.45) is 0 Å². The minimum atomic E-state index is -0.979. The van der Waals surface area contributed by atoms with Crippen molar-refractivity contribution in [3.05, 3.63) is 29.7 Å². The van der Waals surface area contributed by atoms with Crippen LogP contribution < -0.4 is 0 Å². The lowest BCUT2D eigenvalue weighted by Crippen LogP contribution is -2.41. The molecule has 20 heavy (non-hydrogen) atoms. The quantitative estimate of drug-likeness (QED) is 0.839. The molecule has 0 bridgehead atoms. The minimum Gasteiger partial charge on any atom is -0.480 e. The van der Waals surface area contributed by atoms with Gasteiger partial charge in [-0.2, -0.15) is 0 Å². The highest BCUT2D eigenvalue weighted by atomic mass is 16.4. The number of nitrogens with zero attached hydrogens (tertiary/aromatic N) is 1. The number of rotatable bonds is 5. The molecule has 1 N–H and O–H groups in total. The molecule has 1 aromatic rings. The van der Waals surface area contributed by atoms with Gasteiger partial charge in [0.25, 0.3) is 0 Å². The zero-order valence-electron chi connectivity index (χ0n) is 11.5. The summed E-state index contributed by atoms with van der Waals surface area (Å²) >= 11 is 0. The van der Waals surface area contributed by atoms with E-state index < -0.39 is 5.97 Å². The van der Waals surface area contributed by atoms with Gasteiger partial charge in [0.2, 0.25) is 5.91 Å². The monoisotopic (exact) mass is 277 g/mol. The van der Waals surface area contributed by atoms with Gasteiger partial charge >= 0.3 is 5.97 Å². The van der Waals surface area contributed by atoms with Crippen molar-refractivity contribution in [3.63, 3.8) is 0 Å². The number of aryl methyl sites for hydroxylation is 1. The van der Waals surface area contributed by atoms with E-state index in [2.05, 4.69) is 0 Å². The summed E-state index contributed by atoms with van der Waals surface area (Å²) < 4.78 is 5.35. The SMILES string of the molecule is Cc1ccc(/C=C/C(=O)N(CC(=O)O)C2CCCC2)o1. The van der Waals surface area contributed by atoms with Gasteiger partial charge in [-0.1, -0.05) is 12.8 Å². The lowest BCUT2D eigenvalue weighted by Gasteiger charge is -2.26. The number of aliphatic carboxylic acids is 1. The molecule has 5 nitrogen and oxygen atoms in total. The number of carboxylic acid groups (broad SMARTS) is 1. The van der Waals surface area contributed by atoms with Crippen molar-refractivity contribution in [3.8, 4) is 0 Å². The summed E-state index contributed by atoms with van der Waals surface area (Å²) in [6, 6.07) is 3.63. The smallest absolute Gasteiger partial charge is 0.323 e. The lowest BCUT2D eigenvalue weighted by molar-refractivity contribution is -0.144. The third kappa shape index (κ3) is 3.73. The third-order valence-corrected chi connectivity index (χ3v) is 3.51. The Bertz CT molecular complexity index is 512. The molecule has 2 rings (SSSR count). The molecule has 0 atom stereocenters. The summed E-state index contributed by atoms with van der Waals surface area (Å²) in [5.41, 5.74) is 0. The Morgan fingerprint density at radius 1 is 1.40 bits per heavy atom. The average Bonchev–Trinajstić information content (AvgIpc) is 3.04. The fraction of sp³-hybridized carbons (Fsp3) is 0.467. The first-order valence-corrected chi connectivity index (χ1v) is 6.83. The first-order valence-electron chi connectivity index (χ1n) is 6.83. The first-order chi connectivity index (χ1) is 9.56. The number of furan rings is 1. The normalized spacial score (nSPS) is 15.8. The second kappa shape index (κ2) is 6.41. The van der Waals surface area contributed by atoms with E-state index in [0.717, 1.165) is 31.4 Å². The Morgan fingerprint density at radius 3 is 2.65 bits per heavy atom. The van der Waals surface area contributed by atoms with Crippen LogP contribution in [0.2, 0.25) is 0 Å². The van der Waals surface area contributed by atoms with Crippen molar-refractivity contribution < 1.29 is 19.1 Å². The zero-order chi connectivity index (χ0) is 14.5. The largest absolute Gasteiger partial charge is 0.480 e. The molecular weight excluding hydrogens is 258 g/mol. The van der Waals surface area contributed by atoms with Gasteiger partial charge in [0.1, 0.15) is 18.1 Å². The van der Waals surface area contributed by atoms with Crippen LogP contribution in [0.3, 0.4) is 0 Å². The number of amides is 1. The second-order valence-electron chi connectivity index (χ2n) is 5.08. The molecule has 1 heterocycles. The van der Waals surface area contributed by atoms with Crippen LogP contribution in [0.1, 0.15) is 37.2 Å². The average molecular weight is 277 g/mol. The van der Waals surface area contributed by atoms with E-state index in [1.165, 1.54) is 11.0 Å². The van der Waals surface area contributed by atoms with Crippen molar-refractivity contribution in [2.75, 3.05) is 6.54 Å². The molecule has 1 aromatic heterocycles. The maximum absolute atomic E-state index is 12.2. The maximum atomic E-state index is 12.2. The van der Waals surface area contributed by atoms with Crippen LogP contribution >= 0.6 is 0 Å². The van der Waals surface area contributed by atoms with E-state index in [9.17, 15) is 9.59 Å². The van der Waals surface area contributed by atoms with Crippen molar-refractivity contribution in [1.82, 2.24) is 4.90 Å². The third-order valence-electron chi connectivity index (χ3n) is 3.51. The lowest BCUT2D eigenvalue weighted by atomic mass is 10.2. The second-order valence-corrected chi connectivity index (χ2v) is 5.08. The summed E-state index contributed by atoms with van der Waals surface area (Å²) in [6.45, 7) is 1.58. The summed E-state index contributed by atoms with van der Waals surface area (Å²) in [5.74, 6) is 0.119. The molecule has 1 saturated carbocycles. The fourth-order valence-corrected chi connectivity index (χ4v) is 2.54. The van der Waals surface area contributed by atoms with Gasteiger partial charge in [-0.25, -0.2) is 0 Å². The molecule has 0 spiro atoms. The summed E-state index contributed by atoms with van der Waals surface area (Å²) in [4.78, 5) is 24.5. The van der Waals surface area contributed by atoms with Crippen molar-refractivity contribution in [1.29, 1.82) is 0 Å². The Balaban J connectivity index is 2.05. The molecular formula is C15H19NO4. The molecule has 1 aliphatic carbocycles. The molecule has 1 aliphatic rings. The van der Waals surface area contributed by atoms with Gasteiger partial charge in [-0.05, 0) is 38.0 Å². The highest BCUT2D eigenvalue weighted by Crippen LogP contribution is 2.23. The number of carbonyl (C=O) groups is 2. The van der Waals surface area contributed by atoms with Gasteiger partial charge in [0.05, 0.1) is 0 Å². The fourth-order valence-electron chi connectivity index (χ4n) is 2.54. The van der Waals surface area contributed by atoms with Crippen LogP contribution in [0.25, 0.3) is 6.08 Å². The number of carboxylic acids is 1. The first kappa shape index (κ1) is 14.4.